The molecule has 1 heterocycles. The molecule has 0 unspecified atom stereocenters. The molecule has 1 aliphatic heterocycles. The lowest BCUT2D eigenvalue weighted by molar-refractivity contribution is -0.133. The fourth-order valence-corrected chi connectivity index (χ4v) is 3.02. The van der Waals surface area contributed by atoms with Crippen molar-refractivity contribution in [3.63, 3.8) is 0 Å². The molecule has 0 aromatic heterocycles. The minimum Gasteiger partial charge on any atom is -0.468 e. The normalized spacial score (nSPS) is 16.9. The molecule has 4 nitrogen and oxygen atoms in total. The zero-order valence-corrected chi connectivity index (χ0v) is 14.1. The molecule has 0 aliphatic carbocycles. The van der Waals surface area contributed by atoms with E-state index in [0.29, 0.717) is 19.6 Å². The predicted molar refractivity (Wildman–Crippen MR) is 95.4 cm³/mol. The van der Waals surface area contributed by atoms with E-state index in [1.54, 1.807) is 4.90 Å². The van der Waals surface area contributed by atoms with Crippen LogP contribution in [0.3, 0.4) is 0 Å². The molecule has 0 saturated carbocycles. The third-order valence-electron chi connectivity index (χ3n) is 3.88. The molecule has 1 saturated heterocycles. The number of nitrogens with zero attached hydrogens (tertiary/aromatic N) is 1. The molecule has 0 spiro atoms. The number of hydrogen-bond donors (Lipinski definition) is 0. The van der Waals surface area contributed by atoms with E-state index in [-0.39, 0.29) is 23.7 Å². The minimum absolute atomic E-state index is 0.0102. The lowest BCUT2D eigenvalue weighted by Gasteiger charge is -2.21. The second kappa shape index (κ2) is 8.04. The van der Waals surface area contributed by atoms with Crippen molar-refractivity contribution in [3.05, 3.63) is 71.8 Å². The van der Waals surface area contributed by atoms with E-state index in [4.69, 9.17) is 21.7 Å². The molecule has 1 aliphatic rings. The number of amides is 1. The Bertz CT molecular complexity index is 690. The summed E-state index contributed by atoms with van der Waals surface area (Å²) < 4.78 is 11.0. The second-order valence-corrected chi connectivity index (χ2v) is 6.01. The standard InChI is InChI=1S/C19H19NO3S/c21-18(14-22-12-16-9-5-2-6-10-16)20-17(13-23-19(20)24)11-15-7-3-1-4-8-15/h1-10,17H,11-14H2/t17-/m0/s1. The van der Waals surface area contributed by atoms with Crippen molar-refractivity contribution in [1.82, 2.24) is 4.90 Å². The van der Waals surface area contributed by atoms with Gasteiger partial charge in [-0.3, -0.25) is 9.69 Å². The largest absolute Gasteiger partial charge is 0.468 e. The molecule has 1 amide bonds. The van der Waals surface area contributed by atoms with Gasteiger partial charge in [-0.05, 0) is 29.8 Å². The van der Waals surface area contributed by atoms with E-state index in [9.17, 15) is 4.79 Å². The fourth-order valence-electron chi connectivity index (χ4n) is 2.70. The summed E-state index contributed by atoms with van der Waals surface area (Å²) in [6.45, 7) is 0.819. The molecule has 0 bridgehead atoms. The number of ether oxygens (including phenoxy) is 2. The average molecular weight is 341 g/mol. The van der Waals surface area contributed by atoms with E-state index in [2.05, 4.69) is 0 Å². The van der Waals surface area contributed by atoms with E-state index in [0.717, 1.165) is 11.1 Å². The Kier molecular flexibility index (Phi) is 5.56. The lowest BCUT2D eigenvalue weighted by atomic mass is 10.1. The number of hydrogen-bond acceptors (Lipinski definition) is 4. The number of benzene rings is 2. The van der Waals surface area contributed by atoms with Crippen LogP contribution >= 0.6 is 12.2 Å². The molecule has 2 aromatic carbocycles. The molecule has 124 valence electrons. The molecule has 0 N–H and O–H groups in total. The molecule has 24 heavy (non-hydrogen) atoms. The molecule has 0 radical (unpaired) electrons. The van der Waals surface area contributed by atoms with Crippen LogP contribution in [0.2, 0.25) is 0 Å². The maximum atomic E-state index is 12.5. The van der Waals surface area contributed by atoms with Gasteiger partial charge in [-0.2, -0.15) is 0 Å². The van der Waals surface area contributed by atoms with E-state index in [1.165, 1.54) is 0 Å². The van der Waals surface area contributed by atoms with Crippen LogP contribution in [0.1, 0.15) is 11.1 Å². The second-order valence-electron chi connectivity index (χ2n) is 5.66. The lowest BCUT2D eigenvalue weighted by Crippen LogP contribution is -2.42. The van der Waals surface area contributed by atoms with Crippen LogP contribution in [0.4, 0.5) is 0 Å². The van der Waals surface area contributed by atoms with Crippen LogP contribution in [0.5, 0.6) is 0 Å². The van der Waals surface area contributed by atoms with Crippen molar-refractivity contribution < 1.29 is 14.3 Å². The van der Waals surface area contributed by atoms with Crippen LogP contribution in [0, 0.1) is 0 Å². The SMILES string of the molecule is O=C(COCc1ccccc1)N1C(=S)OC[C@@H]1Cc1ccccc1. The summed E-state index contributed by atoms with van der Waals surface area (Å²) in [6.07, 6.45) is 0.714. The van der Waals surface area contributed by atoms with Gasteiger partial charge in [0.2, 0.25) is 0 Å². The van der Waals surface area contributed by atoms with Gasteiger partial charge in [-0.15, -0.1) is 0 Å². The van der Waals surface area contributed by atoms with Gasteiger partial charge in [0.15, 0.2) is 0 Å². The summed E-state index contributed by atoms with van der Waals surface area (Å²) in [7, 11) is 0. The minimum atomic E-state index is -0.158. The maximum absolute atomic E-state index is 12.5. The molecular weight excluding hydrogens is 322 g/mol. The topological polar surface area (TPSA) is 38.8 Å². The van der Waals surface area contributed by atoms with Crippen molar-refractivity contribution >= 4 is 23.3 Å². The Labute approximate surface area is 147 Å². The van der Waals surface area contributed by atoms with Crippen LogP contribution in [0.15, 0.2) is 60.7 Å². The van der Waals surface area contributed by atoms with Gasteiger partial charge in [-0.25, -0.2) is 0 Å². The molecule has 3 rings (SSSR count). The first kappa shape index (κ1) is 16.6. The van der Waals surface area contributed by atoms with Gasteiger partial charge in [-0.1, -0.05) is 60.7 Å². The van der Waals surface area contributed by atoms with Crippen LogP contribution < -0.4 is 0 Å². The Balaban J connectivity index is 1.56. The highest BCUT2D eigenvalue weighted by Crippen LogP contribution is 2.18. The van der Waals surface area contributed by atoms with Crippen LogP contribution in [-0.2, 0) is 27.3 Å². The van der Waals surface area contributed by atoms with Crippen molar-refractivity contribution in [2.24, 2.45) is 0 Å². The van der Waals surface area contributed by atoms with Gasteiger partial charge in [0.05, 0.1) is 12.6 Å². The Morgan fingerprint density at radius 1 is 1.08 bits per heavy atom. The number of rotatable bonds is 6. The van der Waals surface area contributed by atoms with Crippen molar-refractivity contribution in [3.8, 4) is 0 Å². The maximum Gasteiger partial charge on any atom is 0.266 e. The summed E-state index contributed by atoms with van der Waals surface area (Å²) in [4.78, 5) is 14.0. The monoisotopic (exact) mass is 341 g/mol. The Hall–Kier alpha value is -2.24. The fraction of sp³-hybridized carbons (Fsp3) is 0.263. The Morgan fingerprint density at radius 2 is 1.71 bits per heavy atom. The molecular formula is C19H19NO3S. The first-order valence-electron chi connectivity index (χ1n) is 7.88. The van der Waals surface area contributed by atoms with Crippen LogP contribution in [0.25, 0.3) is 0 Å². The number of carbonyl (C=O) groups excluding carboxylic acids is 1. The van der Waals surface area contributed by atoms with Crippen LogP contribution in [-0.4, -0.2) is 35.2 Å². The highest BCUT2D eigenvalue weighted by molar-refractivity contribution is 7.80. The molecule has 1 fully saturated rings. The third-order valence-corrected chi connectivity index (χ3v) is 4.20. The average Bonchev–Trinajstić information content (AvgIpc) is 2.97. The van der Waals surface area contributed by atoms with Gasteiger partial charge >= 0.3 is 0 Å². The summed E-state index contributed by atoms with van der Waals surface area (Å²) in [5.74, 6) is -0.158. The first-order valence-corrected chi connectivity index (χ1v) is 8.29. The zero-order valence-electron chi connectivity index (χ0n) is 13.3. The molecule has 5 heteroatoms. The summed E-state index contributed by atoms with van der Waals surface area (Å²) in [6, 6.07) is 19.7. The van der Waals surface area contributed by atoms with E-state index in [1.807, 2.05) is 60.7 Å². The van der Waals surface area contributed by atoms with Gasteiger partial charge in [0.1, 0.15) is 13.2 Å². The Morgan fingerprint density at radius 3 is 2.38 bits per heavy atom. The quantitative estimate of drug-likeness (QED) is 0.757. The highest BCUT2D eigenvalue weighted by atomic mass is 32.1. The van der Waals surface area contributed by atoms with Gasteiger partial charge in [0.25, 0.3) is 11.1 Å². The molecule has 2 aromatic rings. The van der Waals surface area contributed by atoms with Gasteiger partial charge < -0.3 is 9.47 Å². The van der Waals surface area contributed by atoms with E-state index < -0.39 is 0 Å². The van der Waals surface area contributed by atoms with E-state index >= 15 is 0 Å². The highest BCUT2D eigenvalue weighted by Gasteiger charge is 2.34. The summed E-state index contributed by atoms with van der Waals surface area (Å²) in [5, 5.41) is 0.240. The third kappa shape index (κ3) is 4.19. The first-order chi connectivity index (χ1) is 11.7. The zero-order chi connectivity index (χ0) is 16.8. The molecule has 1 atom stereocenters. The predicted octanol–water partition coefficient (Wildman–Crippen LogP) is 2.96. The number of carbonyl (C=O) groups is 1. The number of thiocarbonyl (C=S) groups is 1. The van der Waals surface area contributed by atoms with Crippen molar-refractivity contribution in [2.45, 2.75) is 19.1 Å². The van der Waals surface area contributed by atoms with Gasteiger partial charge in [0, 0.05) is 0 Å². The summed E-state index contributed by atoms with van der Waals surface area (Å²) in [5.41, 5.74) is 2.19. The smallest absolute Gasteiger partial charge is 0.266 e. The van der Waals surface area contributed by atoms with Crippen molar-refractivity contribution in [1.29, 1.82) is 0 Å². The summed E-state index contributed by atoms with van der Waals surface area (Å²) >= 11 is 5.18. The van der Waals surface area contributed by atoms with Crippen molar-refractivity contribution in [2.75, 3.05) is 13.2 Å².